The molecule has 0 aromatic rings. The largest absolute Gasteiger partial charge is 0.237 e. The van der Waals surface area contributed by atoms with Gasteiger partial charge in [0.25, 0.3) is 0 Å². The van der Waals surface area contributed by atoms with E-state index in [1.165, 1.54) is 32.1 Å². The molecule has 0 aromatic heterocycles. The van der Waals surface area contributed by atoms with E-state index in [9.17, 15) is 9.59 Å². The summed E-state index contributed by atoms with van der Waals surface area (Å²) in [6, 6.07) is 0. The first-order valence-electron chi connectivity index (χ1n) is 7.01. The Morgan fingerprint density at radius 1 is 0.611 bits per heavy atom. The summed E-state index contributed by atoms with van der Waals surface area (Å²) < 4.78 is 0. The fraction of sp³-hybridized carbons (Fsp3) is 0.857. The van der Waals surface area contributed by atoms with Crippen LogP contribution in [0.4, 0.5) is 0 Å². The summed E-state index contributed by atoms with van der Waals surface area (Å²) in [4.78, 5) is 28.7. The Morgan fingerprint density at radius 2 is 0.944 bits per heavy atom. The molecular formula is C14H22N2O2. The summed E-state index contributed by atoms with van der Waals surface area (Å²) in [6.45, 7) is 0. The van der Waals surface area contributed by atoms with Crippen LogP contribution in [-0.2, 0) is 9.59 Å². The van der Waals surface area contributed by atoms with Crippen LogP contribution in [0.5, 0.6) is 0 Å². The van der Waals surface area contributed by atoms with Crippen molar-refractivity contribution in [3.63, 3.8) is 0 Å². The molecule has 0 bridgehead atoms. The van der Waals surface area contributed by atoms with Gasteiger partial charge in [-0.1, -0.05) is 44.9 Å². The number of isocyanates is 2. The van der Waals surface area contributed by atoms with Crippen molar-refractivity contribution >= 4 is 12.2 Å². The second-order valence-electron chi connectivity index (χ2n) is 5.07. The zero-order valence-electron chi connectivity index (χ0n) is 11.0. The lowest BCUT2D eigenvalue weighted by atomic mass is 9.93. The summed E-state index contributed by atoms with van der Waals surface area (Å²) in [5.41, 5.74) is -0.872. The van der Waals surface area contributed by atoms with Crippen LogP contribution in [0, 0.1) is 0 Å². The fourth-order valence-corrected chi connectivity index (χ4v) is 2.60. The minimum absolute atomic E-state index is 0.664. The zero-order chi connectivity index (χ0) is 13.1. The monoisotopic (exact) mass is 250 g/mol. The Labute approximate surface area is 109 Å². The maximum Gasteiger partial charge on any atom is 0.237 e. The lowest BCUT2D eigenvalue weighted by Crippen LogP contribution is -2.23. The first-order valence-corrected chi connectivity index (χ1v) is 7.01. The minimum Gasteiger partial charge on any atom is -0.211 e. The van der Waals surface area contributed by atoms with Gasteiger partial charge in [0.15, 0.2) is 5.66 Å². The Morgan fingerprint density at radius 3 is 1.28 bits per heavy atom. The molecule has 0 atom stereocenters. The normalized spacial score (nSPS) is 21.6. The molecule has 4 heteroatoms. The summed E-state index contributed by atoms with van der Waals surface area (Å²) in [5, 5.41) is 0. The summed E-state index contributed by atoms with van der Waals surface area (Å²) in [7, 11) is 0. The highest BCUT2D eigenvalue weighted by Gasteiger charge is 2.28. The minimum atomic E-state index is -0.872. The van der Waals surface area contributed by atoms with Crippen molar-refractivity contribution < 1.29 is 9.59 Å². The smallest absolute Gasteiger partial charge is 0.211 e. The number of aliphatic imine (C=N–C) groups is 2. The molecular weight excluding hydrogens is 228 g/mol. The molecule has 0 radical (unpaired) electrons. The average molecular weight is 250 g/mol. The Bertz CT molecular complexity index is 297. The first-order chi connectivity index (χ1) is 8.83. The van der Waals surface area contributed by atoms with E-state index >= 15 is 0 Å². The average Bonchev–Trinajstić information content (AvgIpc) is 2.34. The molecule has 18 heavy (non-hydrogen) atoms. The fourth-order valence-electron chi connectivity index (χ4n) is 2.60. The van der Waals surface area contributed by atoms with Crippen molar-refractivity contribution in [2.45, 2.75) is 76.3 Å². The Hall–Kier alpha value is -1.24. The second-order valence-corrected chi connectivity index (χ2v) is 5.07. The molecule has 1 aliphatic rings. The number of hydrogen-bond donors (Lipinski definition) is 0. The lowest BCUT2D eigenvalue weighted by molar-refractivity contribution is 0.343. The SMILES string of the molecule is O=C=NC1(N=C=O)CCCCCCCCCCC1. The number of carbonyl (C=O) groups excluding carboxylic acids is 2. The van der Waals surface area contributed by atoms with Gasteiger partial charge in [0.2, 0.25) is 12.2 Å². The van der Waals surface area contributed by atoms with E-state index in [0.717, 1.165) is 25.7 Å². The molecule has 100 valence electrons. The van der Waals surface area contributed by atoms with Crippen LogP contribution < -0.4 is 0 Å². The van der Waals surface area contributed by atoms with Crippen molar-refractivity contribution in [2.75, 3.05) is 0 Å². The van der Waals surface area contributed by atoms with Gasteiger partial charge in [0, 0.05) is 0 Å². The first kappa shape index (κ1) is 14.8. The number of hydrogen-bond acceptors (Lipinski definition) is 4. The molecule has 0 amide bonds. The molecule has 0 aliphatic heterocycles. The molecule has 0 saturated heterocycles. The van der Waals surface area contributed by atoms with Crippen molar-refractivity contribution in [2.24, 2.45) is 9.98 Å². The van der Waals surface area contributed by atoms with Crippen molar-refractivity contribution in [3.05, 3.63) is 0 Å². The molecule has 0 unspecified atom stereocenters. The van der Waals surface area contributed by atoms with E-state index in [1.54, 1.807) is 12.2 Å². The predicted molar refractivity (Wildman–Crippen MR) is 69.8 cm³/mol. The summed E-state index contributed by atoms with van der Waals surface area (Å²) >= 11 is 0. The molecule has 0 spiro atoms. The van der Waals surface area contributed by atoms with Gasteiger partial charge >= 0.3 is 0 Å². The molecule has 4 nitrogen and oxygen atoms in total. The quantitative estimate of drug-likeness (QED) is 0.554. The zero-order valence-corrected chi connectivity index (χ0v) is 11.0. The van der Waals surface area contributed by atoms with Crippen molar-refractivity contribution in [1.29, 1.82) is 0 Å². The molecule has 0 heterocycles. The maximum atomic E-state index is 10.5. The second kappa shape index (κ2) is 8.79. The standard InChI is InChI=1S/C14H22N2O2/c17-12-15-14(16-13-18)10-8-6-4-2-1-3-5-7-9-11-14/h1-11H2. The van der Waals surface area contributed by atoms with E-state index in [2.05, 4.69) is 9.98 Å². The van der Waals surface area contributed by atoms with Crippen molar-refractivity contribution in [1.82, 2.24) is 0 Å². The third-order valence-corrected chi connectivity index (χ3v) is 3.66. The third kappa shape index (κ3) is 5.39. The number of nitrogens with zero attached hydrogens (tertiary/aromatic N) is 2. The van der Waals surface area contributed by atoms with E-state index in [-0.39, 0.29) is 0 Å². The van der Waals surface area contributed by atoms with Gasteiger partial charge in [-0.25, -0.2) is 9.59 Å². The topological polar surface area (TPSA) is 58.9 Å². The summed E-state index contributed by atoms with van der Waals surface area (Å²) in [6.07, 6.45) is 14.9. The van der Waals surface area contributed by atoms with Crippen LogP contribution in [0.1, 0.15) is 70.6 Å². The maximum absolute atomic E-state index is 10.5. The molecule has 1 aliphatic carbocycles. The Kier molecular flexibility index (Phi) is 7.24. The van der Waals surface area contributed by atoms with E-state index in [1.807, 2.05) is 0 Å². The van der Waals surface area contributed by atoms with Gasteiger partial charge < -0.3 is 0 Å². The third-order valence-electron chi connectivity index (χ3n) is 3.66. The summed E-state index contributed by atoms with van der Waals surface area (Å²) in [5.74, 6) is 0. The molecule has 1 saturated carbocycles. The van der Waals surface area contributed by atoms with Gasteiger partial charge in [-0.2, -0.15) is 9.98 Å². The van der Waals surface area contributed by atoms with Crippen molar-refractivity contribution in [3.8, 4) is 0 Å². The van der Waals surface area contributed by atoms with Crippen LogP contribution in [0.3, 0.4) is 0 Å². The van der Waals surface area contributed by atoms with Crippen LogP contribution in [-0.4, -0.2) is 17.8 Å². The van der Waals surface area contributed by atoms with E-state index < -0.39 is 5.66 Å². The van der Waals surface area contributed by atoms with Gasteiger partial charge in [-0.15, -0.1) is 0 Å². The highest BCUT2D eigenvalue weighted by molar-refractivity contribution is 5.39. The predicted octanol–water partition coefficient (Wildman–Crippen LogP) is 3.66. The van der Waals surface area contributed by atoms with Gasteiger partial charge in [-0.3, -0.25) is 0 Å². The van der Waals surface area contributed by atoms with Crippen LogP contribution in [0.2, 0.25) is 0 Å². The van der Waals surface area contributed by atoms with Crippen LogP contribution in [0.15, 0.2) is 9.98 Å². The number of rotatable bonds is 2. The van der Waals surface area contributed by atoms with Gasteiger partial charge in [-0.05, 0) is 25.7 Å². The molecule has 0 aromatic carbocycles. The Balaban J connectivity index is 2.68. The van der Waals surface area contributed by atoms with Crippen LogP contribution >= 0.6 is 0 Å². The van der Waals surface area contributed by atoms with Crippen LogP contribution in [0.25, 0.3) is 0 Å². The highest BCUT2D eigenvalue weighted by atomic mass is 16.1. The van der Waals surface area contributed by atoms with E-state index in [4.69, 9.17) is 0 Å². The van der Waals surface area contributed by atoms with E-state index in [0.29, 0.717) is 12.8 Å². The highest BCUT2D eigenvalue weighted by Crippen LogP contribution is 2.28. The molecule has 1 rings (SSSR count). The van der Waals surface area contributed by atoms with Gasteiger partial charge in [0.1, 0.15) is 0 Å². The lowest BCUT2D eigenvalue weighted by Gasteiger charge is -2.22. The van der Waals surface area contributed by atoms with Gasteiger partial charge in [0.05, 0.1) is 0 Å². The molecule has 0 N–H and O–H groups in total. The molecule has 1 fully saturated rings.